The topological polar surface area (TPSA) is 103 Å². The van der Waals surface area contributed by atoms with Crippen LogP contribution < -0.4 is 5.32 Å². The lowest BCUT2D eigenvalue weighted by atomic mass is 10.0. The second kappa shape index (κ2) is 6.79. The number of pyridine rings is 2. The number of rotatable bonds is 5. The van der Waals surface area contributed by atoms with Crippen LogP contribution in [0.15, 0.2) is 61.1 Å². The second-order valence-corrected chi connectivity index (χ2v) is 6.58. The Morgan fingerprint density at radius 1 is 1.00 bits per heavy atom. The summed E-state index contributed by atoms with van der Waals surface area (Å²) in [5.74, 6) is 1.36. The molecule has 138 valence electrons. The maximum atomic E-state index is 9.31. The number of hydrogen-bond acceptors (Lipinski definition) is 5. The molecule has 5 rings (SSSR count). The lowest BCUT2D eigenvalue weighted by molar-refractivity contribution is 0.273. The summed E-state index contributed by atoms with van der Waals surface area (Å²) >= 11 is 0. The number of hydrogen-bond donors (Lipinski definition) is 4. The van der Waals surface area contributed by atoms with E-state index in [0.29, 0.717) is 12.4 Å². The van der Waals surface area contributed by atoms with Crippen LogP contribution in [0.5, 0.6) is 0 Å². The minimum atomic E-state index is -0.107. The molecule has 4 N–H and O–H groups in total. The lowest BCUT2D eigenvalue weighted by Gasteiger charge is -2.10. The molecule has 0 unspecified atom stereocenters. The predicted molar refractivity (Wildman–Crippen MR) is 109 cm³/mol. The molecule has 0 aliphatic rings. The van der Waals surface area contributed by atoms with Crippen molar-refractivity contribution in [2.24, 2.45) is 0 Å². The fourth-order valence-electron chi connectivity index (χ4n) is 3.37. The Hall–Kier alpha value is -3.71. The molecule has 0 amide bonds. The molecule has 7 nitrogen and oxygen atoms in total. The molecule has 28 heavy (non-hydrogen) atoms. The van der Waals surface area contributed by atoms with Crippen molar-refractivity contribution in [2.75, 3.05) is 5.32 Å². The Balaban J connectivity index is 1.55. The molecule has 7 heteroatoms. The number of H-pyrrole nitrogens is 2. The third-order valence-electron chi connectivity index (χ3n) is 4.74. The van der Waals surface area contributed by atoms with Crippen molar-refractivity contribution in [3.8, 4) is 11.1 Å². The normalized spacial score (nSPS) is 11.3. The number of anilines is 1. The van der Waals surface area contributed by atoms with Gasteiger partial charge in [-0.3, -0.25) is 4.98 Å². The maximum Gasteiger partial charge on any atom is 0.140 e. The number of aromatic amines is 2. The van der Waals surface area contributed by atoms with Gasteiger partial charge in [0.05, 0.1) is 11.0 Å². The molecule has 0 atom stereocenters. The zero-order valence-corrected chi connectivity index (χ0v) is 15.0. The van der Waals surface area contributed by atoms with Gasteiger partial charge < -0.3 is 20.4 Å². The number of imidazole rings is 1. The SMILES string of the molecule is OCc1nc2ccc(-c3cc(NCc4ccncc4)nc4[nH]ccc34)cc2[nH]1. The number of aliphatic hydroxyl groups excluding tert-OH is 1. The first-order valence-electron chi connectivity index (χ1n) is 9.01. The lowest BCUT2D eigenvalue weighted by Crippen LogP contribution is -2.02. The molecule has 0 spiro atoms. The van der Waals surface area contributed by atoms with E-state index in [9.17, 15) is 5.11 Å². The summed E-state index contributed by atoms with van der Waals surface area (Å²) < 4.78 is 0. The van der Waals surface area contributed by atoms with E-state index in [0.717, 1.165) is 44.6 Å². The minimum Gasteiger partial charge on any atom is -0.388 e. The molecule has 0 aliphatic carbocycles. The number of fused-ring (bicyclic) bond motifs is 2. The molecule has 0 bridgehead atoms. The molecule has 0 saturated carbocycles. The van der Waals surface area contributed by atoms with Crippen LogP contribution in [0.4, 0.5) is 5.82 Å². The molecule has 0 fully saturated rings. The predicted octanol–water partition coefficient (Wildman–Crippen LogP) is 3.61. The summed E-state index contributed by atoms with van der Waals surface area (Å²) in [5, 5.41) is 13.8. The molecular weight excluding hydrogens is 352 g/mol. The zero-order valence-electron chi connectivity index (χ0n) is 15.0. The highest BCUT2D eigenvalue weighted by Crippen LogP contribution is 2.31. The summed E-state index contributed by atoms with van der Waals surface area (Å²) in [6.07, 6.45) is 5.46. The zero-order chi connectivity index (χ0) is 18.9. The van der Waals surface area contributed by atoms with E-state index in [-0.39, 0.29) is 6.61 Å². The molecule has 5 aromatic rings. The van der Waals surface area contributed by atoms with Crippen molar-refractivity contribution in [3.05, 3.63) is 72.4 Å². The Bertz CT molecular complexity index is 1260. The highest BCUT2D eigenvalue weighted by Gasteiger charge is 2.11. The fourth-order valence-corrected chi connectivity index (χ4v) is 3.37. The average Bonchev–Trinajstić information content (AvgIpc) is 3.38. The summed E-state index contributed by atoms with van der Waals surface area (Å²) in [5.41, 5.74) is 5.83. The fraction of sp³-hybridized carbons (Fsp3) is 0.0952. The van der Waals surface area contributed by atoms with Crippen molar-refractivity contribution in [1.29, 1.82) is 0 Å². The third-order valence-corrected chi connectivity index (χ3v) is 4.74. The molecule has 1 aromatic carbocycles. The first-order valence-corrected chi connectivity index (χ1v) is 9.01. The Morgan fingerprint density at radius 3 is 2.75 bits per heavy atom. The molecule has 4 heterocycles. The Morgan fingerprint density at radius 2 is 1.89 bits per heavy atom. The smallest absolute Gasteiger partial charge is 0.140 e. The summed E-state index contributed by atoms with van der Waals surface area (Å²) in [7, 11) is 0. The highest BCUT2D eigenvalue weighted by atomic mass is 16.3. The van der Waals surface area contributed by atoms with Gasteiger partial charge in [-0.05, 0) is 53.1 Å². The van der Waals surface area contributed by atoms with Crippen molar-refractivity contribution >= 4 is 27.9 Å². The van der Waals surface area contributed by atoms with Crippen LogP contribution in [0.3, 0.4) is 0 Å². The van der Waals surface area contributed by atoms with Gasteiger partial charge in [-0.1, -0.05) is 6.07 Å². The summed E-state index contributed by atoms with van der Waals surface area (Å²) in [6.45, 7) is 0.561. The number of aromatic nitrogens is 5. The Labute approximate surface area is 160 Å². The first-order chi connectivity index (χ1) is 13.8. The summed E-state index contributed by atoms with van der Waals surface area (Å²) in [4.78, 5) is 19.4. The van der Waals surface area contributed by atoms with E-state index in [1.807, 2.05) is 36.5 Å². The second-order valence-electron chi connectivity index (χ2n) is 6.58. The molecule has 4 aromatic heterocycles. The van der Waals surface area contributed by atoms with Crippen LogP contribution in [0.25, 0.3) is 33.2 Å². The van der Waals surface area contributed by atoms with Crippen LogP contribution in [-0.4, -0.2) is 30.0 Å². The van der Waals surface area contributed by atoms with Crippen LogP contribution >= 0.6 is 0 Å². The van der Waals surface area contributed by atoms with Crippen molar-refractivity contribution in [1.82, 2.24) is 24.9 Å². The van der Waals surface area contributed by atoms with Gasteiger partial charge in [-0.2, -0.15) is 0 Å². The van der Waals surface area contributed by atoms with E-state index in [4.69, 9.17) is 0 Å². The van der Waals surface area contributed by atoms with Gasteiger partial charge in [0.25, 0.3) is 0 Å². The third kappa shape index (κ3) is 2.97. The number of nitrogens with zero attached hydrogens (tertiary/aromatic N) is 3. The van der Waals surface area contributed by atoms with Crippen LogP contribution in [0.1, 0.15) is 11.4 Å². The van der Waals surface area contributed by atoms with Gasteiger partial charge in [-0.25, -0.2) is 9.97 Å². The minimum absolute atomic E-state index is 0.107. The molecular formula is C21H18N6O. The number of aliphatic hydroxyl groups is 1. The molecule has 0 saturated heterocycles. The Kier molecular flexibility index (Phi) is 3.99. The van der Waals surface area contributed by atoms with Crippen molar-refractivity contribution in [3.63, 3.8) is 0 Å². The first kappa shape index (κ1) is 16.5. The van der Waals surface area contributed by atoms with Crippen LogP contribution in [0, 0.1) is 0 Å². The molecule has 0 radical (unpaired) electrons. The summed E-state index contributed by atoms with van der Waals surface area (Å²) in [6, 6.07) is 14.1. The highest BCUT2D eigenvalue weighted by molar-refractivity contribution is 5.96. The largest absolute Gasteiger partial charge is 0.388 e. The van der Waals surface area contributed by atoms with Crippen LogP contribution in [0.2, 0.25) is 0 Å². The van der Waals surface area contributed by atoms with Gasteiger partial charge in [0.1, 0.15) is 23.9 Å². The van der Waals surface area contributed by atoms with Gasteiger partial charge in [0, 0.05) is 30.5 Å². The van der Waals surface area contributed by atoms with Gasteiger partial charge in [0.15, 0.2) is 0 Å². The van der Waals surface area contributed by atoms with Crippen molar-refractivity contribution in [2.45, 2.75) is 13.2 Å². The molecule has 0 aliphatic heterocycles. The van der Waals surface area contributed by atoms with Gasteiger partial charge >= 0.3 is 0 Å². The van der Waals surface area contributed by atoms with Crippen LogP contribution in [-0.2, 0) is 13.2 Å². The average molecular weight is 370 g/mol. The van der Waals surface area contributed by atoms with Gasteiger partial charge in [0.2, 0.25) is 0 Å². The van der Waals surface area contributed by atoms with E-state index in [2.05, 4.69) is 42.4 Å². The number of benzene rings is 1. The maximum absolute atomic E-state index is 9.31. The van der Waals surface area contributed by atoms with Gasteiger partial charge in [-0.15, -0.1) is 0 Å². The standard InChI is InChI=1S/C21H18N6O/c28-12-20-25-17-2-1-14(9-18(17)26-20)16-10-19(27-21-15(16)5-8-23-21)24-11-13-3-6-22-7-4-13/h1-10,28H,11-12H2,(H,25,26)(H2,23,24,27). The monoisotopic (exact) mass is 370 g/mol. The van der Waals surface area contributed by atoms with E-state index in [1.54, 1.807) is 12.4 Å². The number of nitrogens with one attached hydrogen (secondary N) is 3. The van der Waals surface area contributed by atoms with E-state index in [1.165, 1.54) is 0 Å². The van der Waals surface area contributed by atoms with E-state index < -0.39 is 0 Å². The van der Waals surface area contributed by atoms with Crippen molar-refractivity contribution < 1.29 is 5.11 Å². The van der Waals surface area contributed by atoms with E-state index >= 15 is 0 Å². The quantitative estimate of drug-likeness (QED) is 0.378.